The molecule has 0 aliphatic rings. The van der Waals surface area contributed by atoms with Crippen molar-refractivity contribution < 1.29 is 24.2 Å². The number of esters is 1. The van der Waals surface area contributed by atoms with Crippen LogP contribution in [0.4, 0.5) is 5.69 Å². The van der Waals surface area contributed by atoms with Gasteiger partial charge in [0.25, 0.3) is 5.91 Å². The maximum atomic E-state index is 12.0. The van der Waals surface area contributed by atoms with Crippen LogP contribution >= 0.6 is 0 Å². The Kier molecular flexibility index (Phi) is 5.78. The Hall–Kier alpha value is -3.02. The first-order chi connectivity index (χ1) is 11.5. The molecule has 0 saturated heterocycles. The summed E-state index contributed by atoms with van der Waals surface area (Å²) in [5.74, 6) is -0.868. The molecule has 1 amide bonds. The topological polar surface area (TPSA) is 84.9 Å². The van der Waals surface area contributed by atoms with Crippen molar-refractivity contribution in [3.8, 4) is 11.5 Å². The van der Waals surface area contributed by atoms with Gasteiger partial charge in [0.15, 0.2) is 6.61 Å². The van der Waals surface area contributed by atoms with Gasteiger partial charge in [-0.3, -0.25) is 4.79 Å². The van der Waals surface area contributed by atoms with E-state index < -0.39 is 18.5 Å². The average Bonchev–Trinajstić information content (AvgIpc) is 2.57. The molecule has 6 nitrogen and oxygen atoms in total. The number of hydrogen-bond donors (Lipinski definition) is 2. The molecule has 0 saturated carbocycles. The molecular formula is C18H19NO5. The number of nitrogens with one attached hydrogen (secondary N) is 1. The number of carbonyl (C=O) groups excluding carboxylic acids is 2. The Morgan fingerprint density at radius 2 is 1.88 bits per heavy atom. The summed E-state index contributed by atoms with van der Waals surface area (Å²) < 4.78 is 10.4. The SMILES string of the molecule is CCOc1ccccc1NC(=O)COC(=O)c1cccc(C)c1O. The first-order valence-electron chi connectivity index (χ1n) is 7.50. The van der Waals surface area contributed by atoms with Gasteiger partial charge in [-0.1, -0.05) is 24.3 Å². The Labute approximate surface area is 140 Å². The summed E-state index contributed by atoms with van der Waals surface area (Å²) in [4.78, 5) is 23.9. The largest absolute Gasteiger partial charge is 0.507 e. The highest BCUT2D eigenvalue weighted by atomic mass is 16.5. The van der Waals surface area contributed by atoms with Crippen LogP contribution in [0, 0.1) is 6.92 Å². The zero-order chi connectivity index (χ0) is 17.5. The minimum absolute atomic E-state index is 0.0255. The molecule has 24 heavy (non-hydrogen) atoms. The van der Waals surface area contributed by atoms with E-state index in [9.17, 15) is 14.7 Å². The number of phenolic OH excluding ortho intramolecular Hbond substituents is 1. The molecule has 2 aromatic carbocycles. The lowest BCUT2D eigenvalue weighted by molar-refractivity contribution is -0.119. The third kappa shape index (κ3) is 4.25. The van der Waals surface area contributed by atoms with Gasteiger partial charge in [0.1, 0.15) is 17.1 Å². The lowest BCUT2D eigenvalue weighted by Gasteiger charge is -2.11. The van der Waals surface area contributed by atoms with E-state index in [4.69, 9.17) is 9.47 Å². The second-order valence-electron chi connectivity index (χ2n) is 5.02. The van der Waals surface area contributed by atoms with Gasteiger partial charge in [-0.2, -0.15) is 0 Å². The normalized spacial score (nSPS) is 10.1. The fourth-order valence-electron chi connectivity index (χ4n) is 2.07. The van der Waals surface area contributed by atoms with Crippen LogP contribution in [0.15, 0.2) is 42.5 Å². The minimum atomic E-state index is -0.760. The molecule has 2 N–H and O–H groups in total. The summed E-state index contributed by atoms with van der Waals surface area (Å²) in [6.45, 7) is 3.51. The summed E-state index contributed by atoms with van der Waals surface area (Å²) >= 11 is 0. The number of phenols is 1. The highest BCUT2D eigenvalue weighted by molar-refractivity contribution is 5.97. The van der Waals surface area contributed by atoms with Crippen molar-refractivity contribution in [3.05, 3.63) is 53.6 Å². The molecule has 0 fully saturated rings. The third-order valence-corrected chi connectivity index (χ3v) is 3.25. The number of benzene rings is 2. The molecule has 0 spiro atoms. The van der Waals surface area contributed by atoms with E-state index in [-0.39, 0.29) is 11.3 Å². The molecule has 0 aliphatic carbocycles. The van der Waals surface area contributed by atoms with E-state index >= 15 is 0 Å². The maximum Gasteiger partial charge on any atom is 0.342 e. The summed E-state index contributed by atoms with van der Waals surface area (Å²) in [6.07, 6.45) is 0. The summed E-state index contributed by atoms with van der Waals surface area (Å²) in [6, 6.07) is 11.7. The van der Waals surface area contributed by atoms with Gasteiger partial charge in [-0.05, 0) is 37.6 Å². The molecular weight excluding hydrogens is 310 g/mol. The lowest BCUT2D eigenvalue weighted by atomic mass is 10.1. The third-order valence-electron chi connectivity index (χ3n) is 3.25. The second kappa shape index (κ2) is 8.01. The molecule has 0 radical (unpaired) electrons. The van der Waals surface area contributed by atoms with Gasteiger partial charge in [0.2, 0.25) is 0 Å². The van der Waals surface area contributed by atoms with Crippen LogP contribution in [0.3, 0.4) is 0 Å². The fourth-order valence-corrected chi connectivity index (χ4v) is 2.07. The minimum Gasteiger partial charge on any atom is -0.507 e. The molecule has 0 bridgehead atoms. The molecule has 0 aliphatic heterocycles. The number of ether oxygens (including phenoxy) is 2. The molecule has 2 aromatic rings. The average molecular weight is 329 g/mol. The van der Waals surface area contributed by atoms with Gasteiger partial charge in [0, 0.05) is 0 Å². The Morgan fingerprint density at radius 1 is 1.12 bits per heavy atom. The number of hydrogen-bond acceptors (Lipinski definition) is 5. The number of anilines is 1. The van der Waals surface area contributed by atoms with Crippen LogP contribution in [-0.2, 0) is 9.53 Å². The molecule has 2 rings (SSSR count). The lowest BCUT2D eigenvalue weighted by Crippen LogP contribution is -2.21. The predicted molar refractivity (Wildman–Crippen MR) is 89.4 cm³/mol. The highest BCUT2D eigenvalue weighted by Gasteiger charge is 2.16. The molecule has 126 valence electrons. The van der Waals surface area contributed by atoms with E-state index in [0.717, 1.165) is 0 Å². The fraction of sp³-hybridized carbons (Fsp3) is 0.222. The molecule has 0 unspecified atom stereocenters. The van der Waals surface area contributed by atoms with Crippen LogP contribution in [0.25, 0.3) is 0 Å². The standard InChI is InChI=1S/C18H19NO5/c1-3-23-15-10-5-4-9-14(15)19-16(20)11-24-18(22)13-8-6-7-12(2)17(13)21/h4-10,21H,3,11H2,1-2H3,(H,19,20). The summed E-state index contributed by atoms with van der Waals surface area (Å²) in [5.41, 5.74) is 1.08. The Morgan fingerprint density at radius 3 is 2.62 bits per heavy atom. The number of amides is 1. The van der Waals surface area contributed by atoms with Gasteiger partial charge in [0.05, 0.1) is 12.3 Å². The van der Waals surface area contributed by atoms with Crippen molar-refractivity contribution in [3.63, 3.8) is 0 Å². The van der Waals surface area contributed by atoms with Crippen LogP contribution in [0.2, 0.25) is 0 Å². The van der Waals surface area contributed by atoms with Gasteiger partial charge in [-0.15, -0.1) is 0 Å². The highest BCUT2D eigenvalue weighted by Crippen LogP contribution is 2.24. The van der Waals surface area contributed by atoms with Crippen LogP contribution in [0.5, 0.6) is 11.5 Å². The van der Waals surface area contributed by atoms with Gasteiger partial charge >= 0.3 is 5.97 Å². The van der Waals surface area contributed by atoms with E-state index in [1.165, 1.54) is 6.07 Å². The quantitative estimate of drug-likeness (QED) is 0.796. The zero-order valence-electron chi connectivity index (χ0n) is 13.5. The molecule has 0 heterocycles. The van der Waals surface area contributed by atoms with Crippen molar-refractivity contribution in [1.29, 1.82) is 0 Å². The van der Waals surface area contributed by atoms with Crippen LogP contribution in [0.1, 0.15) is 22.8 Å². The van der Waals surface area contributed by atoms with Crippen molar-refractivity contribution >= 4 is 17.6 Å². The molecule has 6 heteroatoms. The van der Waals surface area contributed by atoms with Crippen molar-refractivity contribution in [2.45, 2.75) is 13.8 Å². The van der Waals surface area contributed by atoms with Crippen molar-refractivity contribution in [1.82, 2.24) is 0 Å². The van der Waals surface area contributed by atoms with Crippen molar-refractivity contribution in [2.24, 2.45) is 0 Å². The molecule has 0 atom stereocenters. The first-order valence-corrected chi connectivity index (χ1v) is 7.50. The summed E-state index contributed by atoms with van der Waals surface area (Å²) in [5, 5.41) is 12.5. The molecule has 0 aromatic heterocycles. The predicted octanol–water partition coefficient (Wildman–Crippen LogP) is 2.89. The van der Waals surface area contributed by atoms with Crippen LogP contribution in [-0.4, -0.2) is 30.2 Å². The zero-order valence-corrected chi connectivity index (χ0v) is 13.5. The van der Waals surface area contributed by atoms with Crippen molar-refractivity contribution in [2.75, 3.05) is 18.5 Å². The Bertz CT molecular complexity index is 742. The van der Waals surface area contributed by atoms with E-state index in [1.807, 2.05) is 6.92 Å². The number of para-hydroxylation sites is 3. The number of aromatic hydroxyl groups is 1. The van der Waals surface area contributed by atoms with E-state index in [2.05, 4.69) is 5.32 Å². The van der Waals surface area contributed by atoms with Crippen LogP contribution < -0.4 is 10.1 Å². The van der Waals surface area contributed by atoms with Gasteiger partial charge < -0.3 is 19.9 Å². The van der Waals surface area contributed by atoms with E-state index in [1.54, 1.807) is 43.3 Å². The van der Waals surface area contributed by atoms with E-state index in [0.29, 0.717) is 23.6 Å². The number of carbonyl (C=O) groups is 2. The maximum absolute atomic E-state index is 12.0. The summed E-state index contributed by atoms with van der Waals surface area (Å²) in [7, 11) is 0. The van der Waals surface area contributed by atoms with Gasteiger partial charge in [-0.25, -0.2) is 4.79 Å². The number of rotatable bonds is 6. The first kappa shape index (κ1) is 17.3. The smallest absolute Gasteiger partial charge is 0.342 e. The Balaban J connectivity index is 1.96. The number of aryl methyl sites for hydroxylation is 1. The monoisotopic (exact) mass is 329 g/mol. The second-order valence-corrected chi connectivity index (χ2v) is 5.02.